The summed E-state index contributed by atoms with van der Waals surface area (Å²) in [6.45, 7) is 5.01. The van der Waals surface area contributed by atoms with Crippen LogP contribution in [0.3, 0.4) is 0 Å². The maximum Gasteiger partial charge on any atom is 0.442 e. The van der Waals surface area contributed by atoms with E-state index in [9.17, 15) is 36.2 Å². The minimum absolute atomic E-state index is 0.244. The molecule has 0 saturated heterocycles. The summed E-state index contributed by atoms with van der Waals surface area (Å²) < 4.78 is 83.8. The van der Waals surface area contributed by atoms with E-state index in [1.807, 2.05) is 0 Å². The summed E-state index contributed by atoms with van der Waals surface area (Å²) in [6.07, 6.45) is -12.0. The monoisotopic (exact) mass is 342 g/mol. The predicted octanol–water partition coefficient (Wildman–Crippen LogP) is 4.14. The van der Waals surface area contributed by atoms with E-state index < -0.39 is 40.8 Å². The fraction of sp³-hybridized carbons (Fsp3) is 0.357. The molecule has 0 aromatic heterocycles. The number of carbonyl (C=O) groups excluding carboxylic acids is 1. The van der Waals surface area contributed by atoms with Crippen LogP contribution in [0.2, 0.25) is 0 Å². The van der Waals surface area contributed by atoms with Gasteiger partial charge in [-0.3, -0.25) is 0 Å². The molecule has 0 aliphatic rings. The number of hydrogen-bond donors (Lipinski definition) is 1. The summed E-state index contributed by atoms with van der Waals surface area (Å²) in [5.41, 5.74) is -7.11. The third kappa shape index (κ3) is 3.27. The van der Waals surface area contributed by atoms with Crippen molar-refractivity contribution in [2.24, 2.45) is 0 Å². The first kappa shape index (κ1) is 18.9. The van der Waals surface area contributed by atoms with Crippen LogP contribution >= 0.6 is 0 Å². The SMILES string of the molecule is C=C(C)C(=O)OC(c1ccc(O)c(C)c1)(C(F)(F)F)C(F)(F)F. The van der Waals surface area contributed by atoms with Gasteiger partial charge in [-0.25, -0.2) is 4.79 Å². The lowest BCUT2D eigenvalue weighted by atomic mass is 9.90. The second-order valence-corrected chi connectivity index (χ2v) is 4.85. The normalized spacial score (nSPS) is 12.9. The minimum atomic E-state index is -5.99. The van der Waals surface area contributed by atoms with Gasteiger partial charge in [0, 0.05) is 11.1 Å². The standard InChI is InChI=1S/C14H12F6O3/c1-7(2)11(22)23-12(13(15,16)17,14(18,19)20)9-4-5-10(21)8(3)6-9/h4-6,21H,1H2,2-3H3. The molecule has 0 bridgehead atoms. The molecule has 0 unspecified atom stereocenters. The molecule has 128 valence electrons. The average Bonchev–Trinajstić information content (AvgIpc) is 2.35. The highest BCUT2D eigenvalue weighted by Crippen LogP contribution is 2.53. The van der Waals surface area contributed by atoms with Crippen LogP contribution in [0.15, 0.2) is 30.4 Å². The number of phenolic OH excluding ortho intramolecular Hbond substituents is 1. The number of halogens is 6. The zero-order chi connectivity index (χ0) is 18.2. The molecular formula is C14H12F6O3. The lowest BCUT2D eigenvalue weighted by Gasteiger charge is -2.37. The number of rotatable bonds is 3. The largest absolute Gasteiger partial charge is 0.508 e. The van der Waals surface area contributed by atoms with Crippen LogP contribution in [-0.4, -0.2) is 23.4 Å². The molecule has 3 nitrogen and oxygen atoms in total. The Bertz CT molecular complexity index is 616. The van der Waals surface area contributed by atoms with Crippen molar-refractivity contribution >= 4 is 5.97 Å². The summed E-state index contributed by atoms with van der Waals surface area (Å²) in [4.78, 5) is 11.4. The Balaban J connectivity index is 3.72. The van der Waals surface area contributed by atoms with E-state index in [1.54, 1.807) is 0 Å². The van der Waals surface area contributed by atoms with E-state index in [0.29, 0.717) is 18.2 Å². The number of benzene rings is 1. The molecule has 0 atom stereocenters. The van der Waals surface area contributed by atoms with Gasteiger partial charge < -0.3 is 9.84 Å². The number of aromatic hydroxyl groups is 1. The number of esters is 1. The molecular weight excluding hydrogens is 330 g/mol. The molecule has 1 aromatic carbocycles. The van der Waals surface area contributed by atoms with E-state index in [0.717, 1.165) is 13.8 Å². The van der Waals surface area contributed by atoms with Gasteiger partial charge in [0.25, 0.3) is 0 Å². The van der Waals surface area contributed by atoms with E-state index in [2.05, 4.69) is 11.3 Å². The summed E-state index contributed by atoms with van der Waals surface area (Å²) in [6, 6.07) is 1.52. The first-order valence-corrected chi connectivity index (χ1v) is 6.06. The maximum atomic E-state index is 13.3. The number of alkyl halides is 6. The summed E-state index contributed by atoms with van der Waals surface area (Å²) >= 11 is 0. The number of carbonyl (C=O) groups is 1. The molecule has 1 rings (SSSR count). The lowest BCUT2D eigenvalue weighted by molar-refractivity contribution is -0.376. The topological polar surface area (TPSA) is 46.5 Å². The van der Waals surface area contributed by atoms with E-state index >= 15 is 0 Å². The third-order valence-corrected chi connectivity index (χ3v) is 3.00. The number of ether oxygens (including phenoxy) is 1. The van der Waals surface area contributed by atoms with Gasteiger partial charge in [0.1, 0.15) is 5.75 Å². The van der Waals surface area contributed by atoms with Crippen molar-refractivity contribution < 1.29 is 41.0 Å². The maximum absolute atomic E-state index is 13.3. The van der Waals surface area contributed by atoms with Crippen molar-refractivity contribution in [1.29, 1.82) is 0 Å². The Morgan fingerprint density at radius 2 is 1.61 bits per heavy atom. The molecule has 1 N–H and O–H groups in total. The van der Waals surface area contributed by atoms with Crippen molar-refractivity contribution in [3.05, 3.63) is 41.5 Å². The smallest absolute Gasteiger partial charge is 0.442 e. The van der Waals surface area contributed by atoms with Gasteiger partial charge in [-0.2, -0.15) is 26.3 Å². The first-order chi connectivity index (χ1) is 10.2. The van der Waals surface area contributed by atoms with Crippen LogP contribution in [-0.2, 0) is 15.1 Å². The Kier molecular flexibility index (Phi) is 4.74. The molecule has 23 heavy (non-hydrogen) atoms. The van der Waals surface area contributed by atoms with Crippen molar-refractivity contribution in [3.63, 3.8) is 0 Å². The zero-order valence-electron chi connectivity index (χ0n) is 12.0. The molecule has 0 amide bonds. The highest BCUT2D eigenvalue weighted by molar-refractivity contribution is 5.87. The minimum Gasteiger partial charge on any atom is -0.508 e. The van der Waals surface area contributed by atoms with Gasteiger partial charge >= 0.3 is 23.9 Å². The van der Waals surface area contributed by atoms with Crippen LogP contribution in [0.5, 0.6) is 5.75 Å². The van der Waals surface area contributed by atoms with Crippen molar-refractivity contribution in [3.8, 4) is 5.75 Å². The van der Waals surface area contributed by atoms with Crippen molar-refractivity contribution in [2.45, 2.75) is 31.8 Å². The summed E-state index contributed by atoms with van der Waals surface area (Å²) in [5.74, 6) is -2.34. The van der Waals surface area contributed by atoms with Crippen LogP contribution in [0, 0.1) is 6.92 Å². The predicted molar refractivity (Wildman–Crippen MR) is 67.5 cm³/mol. The van der Waals surface area contributed by atoms with E-state index in [1.165, 1.54) is 0 Å². The second-order valence-electron chi connectivity index (χ2n) is 4.85. The van der Waals surface area contributed by atoms with Crippen LogP contribution in [0.25, 0.3) is 0 Å². The lowest BCUT2D eigenvalue weighted by Crippen LogP contribution is -2.57. The molecule has 0 heterocycles. The Morgan fingerprint density at radius 1 is 1.13 bits per heavy atom. The van der Waals surface area contributed by atoms with Crippen LogP contribution in [0.1, 0.15) is 18.1 Å². The molecule has 9 heteroatoms. The quantitative estimate of drug-likeness (QED) is 0.510. The Morgan fingerprint density at radius 3 is 1.96 bits per heavy atom. The molecule has 0 spiro atoms. The van der Waals surface area contributed by atoms with Crippen molar-refractivity contribution in [2.75, 3.05) is 0 Å². The summed E-state index contributed by atoms with van der Waals surface area (Å²) in [5, 5.41) is 9.30. The van der Waals surface area contributed by atoms with E-state index in [4.69, 9.17) is 0 Å². The molecule has 0 radical (unpaired) electrons. The molecule has 1 aromatic rings. The van der Waals surface area contributed by atoms with Gasteiger partial charge in [0.05, 0.1) is 0 Å². The highest BCUT2D eigenvalue weighted by Gasteiger charge is 2.75. The van der Waals surface area contributed by atoms with Gasteiger partial charge in [0.2, 0.25) is 0 Å². The third-order valence-electron chi connectivity index (χ3n) is 3.00. The number of hydrogen-bond acceptors (Lipinski definition) is 3. The Labute approximate surface area is 127 Å². The van der Waals surface area contributed by atoms with Gasteiger partial charge in [-0.05, 0) is 31.5 Å². The van der Waals surface area contributed by atoms with Crippen LogP contribution < -0.4 is 0 Å². The fourth-order valence-electron chi connectivity index (χ4n) is 1.76. The molecule has 0 saturated carbocycles. The molecule has 0 aliphatic heterocycles. The number of phenols is 1. The highest BCUT2D eigenvalue weighted by atomic mass is 19.4. The van der Waals surface area contributed by atoms with Crippen LogP contribution in [0.4, 0.5) is 26.3 Å². The summed E-state index contributed by atoms with van der Waals surface area (Å²) in [7, 11) is 0. The van der Waals surface area contributed by atoms with Gasteiger partial charge in [-0.1, -0.05) is 12.6 Å². The van der Waals surface area contributed by atoms with Gasteiger partial charge in [-0.15, -0.1) is 0 Å². The number of aryl methyl sites for hydroxylation is 1. The van der Waals surface area contributed by atoms with Gasteiger partial charge in [0.15, 0.2) is 0 Å². The zero-order valence-corrected chi connectivity index (χ0v) is 12.0. The molecule has 0 fully saturated rings. The first-order valence-electron chi connectivity index (χ1n) is 6.06. The molecule has 0 aliphatic carbocycles. The average molecular weight is 342 g/mol. The fourth-order valence-corrected chi connectivity index (χ4v) is 1.76. The van der Waals surface area contributed by atoms with E-state index in [-0.39, 0.29) is 5.56 Å². The Hall–Kier alpha value is -2.19. The second kappa shape index (κ2) is 5.78. The van der Waals surface area contributed by atoms with Crippen molar-refractivity contribution in [1.82, 2.24) is 0 Å².